The van der Waals surface area contributed by atoms with E-state index in [9.17, 15) is 4.79 Å². The first kappa shape index (κ1) is 14.5. The first-order valence-corrected chi connectivity index (χ1v) is 7.55. The highest BCUT2D eigenvalue weighted by molar-refractivity contribution is 9.09. The minimum absolute atomic E-state index is 0.208. The van der Waals surface area contributed by atoms with Crippen LogP contribution in [0.1, 0.15) is 24.2 Å². The van der Waals surface area contributed by atoms with E-state index in [0.717, 1.165) is 18.7 Å². The normalized spacial score (nSPS) is 24.4. The predicted octanol–water partition coefficient (Wildman–Crippen LogP) is 1.59. The standard InChI is InChI=1S/C15H20BrNO2/c1-15(2,12-9-17(3)10-12)19-14(18)13(16)11-7-5-4-6-8-11/h4-8,12-13H,9-10H2,1-3H3/p+1. The highest BCUT2D eigenvalue weighted by atomic mass is 79.9. The number of halogens is 1. The number of benzene rings is 1. The molecule has 1 aliphatic rings. The molecule has 1 atom stereocenters. The van der Waals surface area contributed by atoms with Gasteiger partial charge in [-0.3, -0.25) is 4.79 Å². The number of hydrogen-bond donors (Lipinski definition) is 1. The molecule has 1 saturated heterocycles. The van der Waals surface area contributed by atoms with Crippen LogP contribution in [0.25, 0.3) is 0 Å². The monoisotopic (exact) mass is 326 g/mol. The molecule has 3 nitrogen and oxygen atoms in total. The van der Waals surface area contributed by atoms with Crippen molar-refractivity contribution in [3.05, 3.63) is 35.9 Å². The van der Waals surface area contributed by atoms with Gasteiger partial charge >= 0.3 is 5.97 Å². The van der Waals surface area contributed by atoms with Gasteiger partial charge in [-0.2, -0.15) is 0 Å². The number of likely N-dealkylation sites (tertiary alicyclic amines) is 1. The van der Waals surface area contributed by atoms with Gasteiger partial charge in [0.2, 0.25) is 0 Å². The van der Waals surface area contributed by atoms with Crippen LogP contribution in [0.4, 0.5) is 0 Å². The Morgan fingerprint density at radius 2 is 1.95 bits per heavy atom. The summed E-state index contributed by atoms with van der Waals surface area (Å²) in [6.07, 6.45) is 0. The summed E-state index contributed by atoms with van der Waals surface area (Å²) < 4.78 is 5.71. The van der Waals surface area contributed by atoms with Gasteiger partial charge in [-0.25, -0.2) is 0 Å². The fourth-order valence-electron chi connectivity index (χ4n) is 2.43. The summed E-state index contributed by atoms with van der Waals surface area (Å²) in [6, 6.07) is 9.63. The predicted molar refractivity (Wildman–Crippen MR) is 78.4 cm³/mol. The maximum Gasteiger partial charge on any atom is 0.324 e. The van der Waals surface area contributed by atoms with E-state index in [1.54, 1.807) is 0 Å². The zero-order valence-corrected chi connectivity index (χ0v) is 13.2. The molecular formula is C15H21BrNO2+. The van der Waals surface area contributed by atoms with Gasteiger partial charge in [-0.1, -0.05) is 46.3 Å². The summed E-state index contributed by atoms with van der Waals surface area (Å²) >= 11 is 3.43. The molecule has 1 fully saturated rings. The van der Waals surface area contributed by atoms with Crippen molar-refractivity contribution >= 4 is 21.9 Å². The highest BCUT2D eigenvalue weighted by Gasteiger charge is 2.44. The highest BCUT2D eigenvalue weighted by Crippen LogP contribution is 2.29. The summed E-state index contributed by atoms with van der Waals surface area (Å²) in [5, 5.41) is 0. The third-order valence-corrected chi connectivity index (χ3v) is 4.74. The molecule has 104 valence electrons. The first-order valence-electron chi connectivity index (χ1n) is 6.63. The van der Waals surface area contributed by atoms with E-state index in [4.69, 9.17) is 4.74 Å². The second-order valence-electron chi connectivity index (χ2n) is 5.86. The Labute approximate surface area is 123 Å². The van der Waals surface area contributed by atoms with Crippen LogP contribution in [0.15, 0.2) is 30.3 Å². The topological polar surface area (TPSA) is 30.7 Å². The molecular weight excluding hydrogens is 306 g/mol. The Morgan fingerprint density at radius 1 is 1.37 bits per heavy atom. The molecule has 1 N–H and O–H groups in total. The Bertz CT molecular complexity index is 441. The number of rotatable bonds is 4. The number of hydrogen-bond acceptors (Lipinski definition) is 2. The molecule has 0 aromatic heterocycles. The molecule has 0 spiro atoms. The molecule has 0 saturated carbocycles. The minimum Gasteiger partial charge on any atom is -0.458 e. The summed E-state index contributed by atoms with van der Waals surface area (Å²) in [5.74, 6) is 0.243. The van der Waals surface area contributed by atoms with Gasteiger partial charge in [0.05, 0.1) is 26.1 Å². The van der Waals surface area contributed by atoms with E-state index in [-0.39, 0.29) is 5.97 Å². The molecule has 2 rings (SSSR count). The van der Waals surface area contributed by atoms with Gasteiger partial charge in [0.25, 0.3) is 0 Å². The zero-order chi connectivity index (χ0) is 14.0. The number of alkyl halides is 1. The maximum atomic E-state index is 12.2. The molecule has 1 aromatic carbocycles. The third kappa shape index (κ3) is 3.37. The third-order valence-electron chi connectivity index (χ3n) is 3.84. The summed E-state index contributed by atoms with van der Waals surface area (Å²) in [7, 11) is 2.16. The van der Waals surface area contributed by atoms with Crippen molar-refractivity contribution in [3.8, 4) is 0 Å². The van der Waals surface area contributed by atoms with Crippen LogP contribution < -0.4 is 4.90 Å². The van der Waals surface area contributed by atoms with Gasteiger partial charge in [0.15, 0.2) is 0 Å². The van der Waals surface area contributed by atoms with Crippen LogP contribution in [0, 0.1) is 5.92 Å². The molecule has 1 unspecified atom stereocenters. The second-order valence-corrected chi connectivity index (χ2v) is 6.78. The molecule has 1 aliphatic heterocycles. The van der Waals surface area contributed by atoms with E-state index in [2.05, 4.69) is 23.0 Å². The van der Waals surface area contributed by atoms with Crippen LogP contribution in [0.2, 0.25) is 0 Å². The Kier molecular flexibility index (Phi) is 4.31. The number of carbonyl (C=O) groups excluding carboxylic acids is 1. The van der Waals surface area contributed by atoms with E-state index in [0.29, 0.717) is 5.92 Å². The molecule has 19 heavy (non-hydrogen) atoms. The van der Waals surface area contributed by atoms with Gasteiger partial charge in [-0.05, 0) is 19.4 Å². The average molecular weight is 327 g/mol. The second kappa shape index (κ2) is 5.63. The largest absolute Gasteiger partial charge is 0.458 e. The fraction of sp³-hybridized carbons (Fsp3) is 0.533. The van der Waals surface area contributed by atoms with Crippen LogP contribution >= 0.6 is 15.9 Å². The Balaban J connectivity index is 1.97. The number of nitrogens with one attached hydrogen (secondary N) is 1. The van der Waals surface area contributed by atoms with Gasteiger partial charge in [0, 0.05) is 0 Å². The average Bonchev–Trinajstić information content (AvgIpc) is 2.34. The molecule has 0 bridgehead atoms. The molecule has 0 aliphatic carbocycles. The van der Waals surface area contributed by atoms with E-state index in [1.165, 1.54) is 4.90 Å². The van der Waals surface area contributed by atoms with Crippen molar-refractivity contribution in [2.45, 2.75) is 24.3 Å². The van der Waals surface area contributed by atoms with Crippen molar-refractivity contribution in [1.29, 1.82) is 0 Å². The smallest absolute Gasteiger partial charge is 0.324 e. The SMILES string of the molecule is C[NH+]1CC(C(C)(C)OC(=O)C(Br)c2ccccc2)C1. The van der Waals surface area contributed by atoms with Crippen molar-refractivity contribution in [2.24, 2.45) is 5.92 Å². The summed E-state index contributed by atoms with van der Waals surface area (Å²) in [6.45, 7) is 6.15. The molecule has 1 heterocycles. The first-order chi connectivity index (χ1) is 8.90. The van der Waals surface area contributed by atoms with E-state index in [1.807, 2.05) is 44.2 Å². The fourth-order valence-corrected chi connectivity index (χ4v) is 2.82. The summed E-state index contributed by atoms with van der Waals surface area (Å²) in [5.41, 5.74) is 0.539. The Morgan fingerprint density at radius 3 is 2.47 bits per heavy atom. The lowest BCUT2D eigenvalue weighted by atomic mass is 9.84. The van der Waals surface area contributed by atoms with Crippen molar-refractivity contribution in [3.63, 3.8) is 0 Å². The zero-order valence-electron chi connectivity index (χ0n) is 11.7. The van der Waals surface area contributed by atoms with Gasteiger partial charge in [0.1, 0.15) is 10.4 Å². The quantitative estimate of drug-likeness (QED) is 0.673. The van der Waals surface area contributed by atoms with Crippen molar-refractivity contribution in [2.75, 3.05) is 20.1 Å². The maximum absolute atomic E-state index is 12.2. The van der Waals surface area contributed by atoms with Crippen LogP contribution in [-0.4, -0.2) is 31.7 Å². The van der Waals surface area contributed by atoms with Crippen molar-refractivity contribution in [1.82, 2.24) is 0 Å². The van der Waals surface area contributed by atoms with E-state index < -0.39 is 10.4 Å². The Hall–Kier alpha value is -0.870. The van der Waals surface area contributed by atoms with E-state index >= 15 is 0 Å². The minimum atomic E-state index is -0.391. The number of ether oxygens (including phenoxy) is 1. The summed E-state index contributed by atoms with van der Waals surface area (Å²) in [4.78, 5) is 13.3. The van der Waals surface area contributed by atoms with Crippen molar-refractivity contribution < 1.29 is 14.4 Å². The molecule has 1 aromatic rings. The van der Waals surface area contributed by atoms with Crippen LogP contribution in [0.3, 0.4) is 0 Å². The van der Waals surface area contributed by atoms with Crippen LogP contribution in [-0.2, 0) is 9.53 Å². The molecule has 4 heteroatoms. The lowest BCUT2D eigenvalue weighted by Crippen LogP contribution is -3.18. The molecule has 0 radical (unpaired) electrons. The van der Waals surface area contributed by atoms with Crippen LogP contribution in [0.5, 0.6) is 0 Å². The van der Waals surface area contributed by atoms with Gasteiger partial charge in [-0.15, -0.1) is 0 Å². The lowest BCUT2D eigenvalue weighted by Gasteiger charge is -2.42. The molecule has 0 amide bonds. The lowest BCUT2D eigenvalue weighted by molar-refractivity contribution is -0.934. The van der Waals surface area contributed by atoms with Gasteiger partial charge < -0.3 is 9.64 Å². The number of quaternary nitrogens is 1. The number of esters is 1. The number of carbonyl (C=O) groups is 1.